The van der Waals surface area contributed by atoms with Gasteiger partial charge in [0.15, 0.2) is 5.03 Å². The van der Waals surface area contributed by atoms with Gasteiger partial charge in [0, 0.05) is 26.3 Å². The molecule has 1 aromatic rings. The maximum Gasteiger partial charge on any atom is 0.311 e. The number of nitrogens with zero attached hydrogens (tertiary/aromatic N) is 3. The van der Waals surface area contributed by atoms with Crippen LogP contribution in [0.1, 0.15) is 26.2 Å². The average Bonchev–Trinajstić information content (AvgIpc) is 2.97. The molecule has 1 aromatic heterocycles. The Kier molecular flexibility index (Phi) is 3.88. The quantitative estimate of drug-likeness (QED) is 0.863. The van der Waals surface area contributed by atoms with E-state index in [-0.39, 0.29) is 18.1 Å². The fraction of sp³-hybridized carbons (Fsp3) is 0.667. The fourth-order valence-corrected chi connectivity index (χ4v) is 4.15. The Morgan fingerprint density at radius 1 is 1.55 bits per heavy atom. The summed E-state index contributed by atoms with van der Waals surface area (Å²) in [5.41, 5.74) is -0.962. The summed E-state index contributed by atoms with van der Waals surface area (Å²) in [6.07, 6.45) is 4.39. The smallest absolute Gasteiger partial charge is 0.311 e. The molecule has 0 amide bonds. The van der Waals surface area contributed by atoms with Crippen LogP contribution in [0.2, 0.25) is 0 Å². The lowest BCUT2D eigenvalue weighted by atomic mass is 9.83. The fourth-order valence-electron chi connectivity index (χ4n) is 2.66. The Hall–Kier alpha value is -1.41. The molecule has 0 saturated carbocycles. The topological polar surface area (TPSA) is 92.5 Å². The molecule has 20 heavy (non-hydrogen) atoms. The van der Waals surface area contributed by atoms with Gasteiger partial charge in [0.2, 0.25) is 0 Å². The van der Waals surface area contributed by atoms with Crippen molar-refractivity contribution in [1.29, 1.82) is 0 Å². The molecule has 7 nitrogen and oxygen atoms in total. The standard InChI is InChI=1S/C12H19N3O4S/c1-3-4-12(11(16)17)5-6-15(8-12)20(18,19)10-7-14(2)9-13-10/h7,9H,3-6,8H2,1-2H3,(H,16,17). The zero-order valence-corrected chi connectivity index (χ0v) is 12.4. The van der Waals surface area contributed by atoms with E-state index in [0.29, 0.717) is 19.3 Å². The summed E-state index contributed by atoms with van der Waals surface area (Å²) in [7, 11) is -2.01. The normalized spacial score (nSPS) is 24.1. The highest BCUT2D eigenvalue weighted by molar-refractivity contribution is 7.89. The molecule has 1 N–H and O–H groups in total. The maximum atomic E-state index is 12.4. The van der Waals surface area contributed by atoms with E-state index in [4.69, 9.17) is 0 Å². The van der Waals surface area contributed by atoms with Crippen LogP contribution in [-0.4, -0.2) is 46.4 Å². The molecule has 0 aliphatic carbocycles. The van der Waals surface area contributed by atoms with E-state index in [0.717, 1.165) is 0 Å². The highest BCUT2D eigenvalue weighted by atomic mass is 32.2. The van der Waals surface area contributed by atoms with Crippen molar-refractivity contribution in [1.82, 2.24) is 13.9 Å². The Balaban J connectivity index is 2.26. The van der Waals surface area contributed by atoms with Gasteiger partial charge in [-0.2, -0.15) is 4.31 Å². The summed E-state index contributed by atoms with van der Waals surface area (Å²) >= 11 is 0. The first-order chi connectivity index (χ1) is 9.32. The van der Waals surface area contributed by atoms with Crippen molar-refractivity contribution >= 4 is 16.0 Å². The van der Waals surface area contributed by atoms with E-state index in [9.17, 15) is 18.3 Å². The van der Waals surface area contributed by atoms with Crippen LogP contribution in [0.25, 0.3) is 0 Å². The molecule has 1 fully saturated rings. The van der Waals surface area contributed by atoms with Gasteiger partial charge < -0.3 is 9.67 Å². The number of sulfonamides is 1. The molecule has 1 atom stereocenters. The average molecular weight is 301 g/mol. The maximum absolute atomic E-state index is 12.4. The minimum atomic E-state index is -3.70. The summed E-state index contributed by atoms with van der Waals surface area (Å²) in [6, 6.07) is 0. The van der Waals surface area contributed by atoms with Crippen molar-refractivity contribution < 1.29 is 18.3 Å². The van der Waals surface area contributed by atoms with Gasteiger partial charge in [-0.3, -0.25) is 4.79 Å². The Morgan fingerprint density at radius 2 is 2.25 bits per heavy atom. The number of carboxylic acid groups (broad SMARTS) is 1. The molecule has 1 aliphatic heterocycles. The zero-order chi connectivity index (χ0) is 15.0. The number of hydrogen-bond donors (Lipinski definition) is 1. The number of imidazole rings is 1. The van der Waals surface area contributed by atoms with Crippen molar-refractivity contribution in [3.63, 3.8) is 0 Å². The van der Waals surface area contributed by atoms with Crippen molar-refractivity contribution in [3.8, 4) is 0 Å². The second-order valence-corrected chi connectivity index (χ2v) is 7.19. The molecule has 0 aromatic carbocycles. The molecule has 1 unspecified atom stereocenters. The summed E-state index contributed by atoms with van der Waals surface area (Å²) in [6.45, 7) is 2.15. The molecule has 2 heterocycles. The van der Waals surface area contributed by atoms with Crippen molar-refractivity contribution in [3.05, 3.63) is 12.5 Å². The number of carbonyl (C=O) groups is 1. The Bertz CT molecular complexity index is 610. The highest BCUT2D eigenvalue weighted by Gasteiger charge is 2.48. The van der Waals surface area contributed by atoms with Gasteiger partial charge in [-0.1, -0.05) is 13.3 Å². The second-order valence-electron chi connectivity index (χ2n) is 5.30. The van der Waals surface area contributed by atoms with Crippen LogP contribution in [-0.2, 0) is 21.9 Å². The molecule has 0 spiro atoms. The Morgan fingerprint density at radius 3 is 2.75 bits per heavy atom. The summed E-state index contributed by atoms with van der Waals surface area (Å²) in [4.78, 5) is 15.3. The van der Waals surface area contributed by atoms with Gasteiger partial charge in [0.1, 0.15) is 0 Å². The molecular weight excluding hydrogens is 282 g/mol. The molecule has 0 bridgehead atoms. The molecule has 112 valence electrons. The van der Waals surface area contributed by atoms with E-state index >= 15 is 0 Å². The van der Waals surface area contributed by atoms with E-state index in [2.05, 4.69) is 4.98 Å². The lowest BCUT2D eigenvalue weighted by Crippen LogP contribution is -2.37. The van der Waals surface area contributed by atoms with Crippen molar-refractivity contribution in [2.45, 2.75) is 31.2 Å². The van der Waals surface area contributed by atoms with Crippen LogP contribution >= 0.6 is 0 Å². The minimum Gasteiger partial charge on any atom is -0.481 e. The van der Waals surface area contributed by atoms with Gasteiger partial charge >= 0.3 is 5.97 Å². The Labute approximate surface area is 118 Å². The van der Waals surface area contributed by atoms with Crippen molar-refractivity contribution in [2.24, 2.45) is 12.5 Å². The number of aliphatic carboxylic acids is 1. The summed E-state index contributed by atoms with van der Waals surface area (Å²) in [5.74, 6) is -0.918. The second kappa shape index (κ2) is 5.17. The molecule has 2 rings (SSSR count). The lowest BCUT2D eigenvalue weighted by molar-refractivity contribution is -0.148. The number of aryl methyl sites for hydroxylation is 1. The molecular formula is C12H19N3O4S. The van der Waals surface area contributed by atoms with Crippen LogP contribution in [0.3, 0.4) is 0 Å². The number of carboxylic acids is 1. The third-order valence-electron chi connectivity index (χ3n) is 3.79. The van der Waals surface area contributed by atoms with Gasteiger partial charge in [0.05, 0.1) is 11.7 Å². The third-order valence-corrected chi connectivity index (χ3v) is 5.52. The highest BCUT2D eigenvalue weighted by Crippen LogP contribution is 2.37. The predicted octanol–water partition coefficient (Wildman–Crippen LogP) is 0.686. The molecule has 1 aliphatic rings. The number of rotatable bonds is 5. The van der Waals surface area contributed by atoms with E-state index in [1.807, 2.05) is 6.92 Å². The first-order valence-electron chi connectivity index (χ1n) is 6.53. The van der Waals surface area contributed by atoms with E-state index in [1.54, 1.807) is 11.6 Å². The van der Waals surface area contributed by atoms with E-state index in [1.165, 1.54) is 16.8 Å². The zero-order valence-electron chi connectivity index (χ0n) is 11.6. The predicted molar refractivity (Wildman–Crippen MR) is 71.6 cm³/mol. The minimum absolute atomic E-state index is 0.0229. The van der Waals surface area contributed by atoms with Crippen LogP contribution < -0.4 is 0 Å². The number of hydrogen-bond acceptors (Lipinski definition) is 4. The van der Waals surface area contributed by atoms with Gasteiger partial charge in [0.25, 0.3) is 10.0 Å². The van der Waals surface area contributed by atoms with Crippen LogP contribution in [0, 0.1) is 5.41 Å². The monoisotopic (exact) mass is 301 g/mol. The molecule has 0 radical (unpaired) electrons. The SMILES string of the molecule is CCCC1(C(=O)O)CCN(S(=O)(=O)c2cn(C)cn2)C1. The molecule has 1 saturated heterocycles. The van der Waals surface area contributed by atoms with Gasteiger partial charge in [-0.15, -0.1) is 0 Å². The van der Waals surface area contributed by atoms with Crippen LogP contribution in [0.4, 0.5) is 0 Å². The largest absolute Gasteiger partial charge is 0.481 e. The third kappa shape index (κ3) is 2.45. The number of aromatic nitrogens is 2. The summed E-state index contributed by atoms with van der Waals surface area (Å²) < 4.78 is 27.6. The van der Waals surface area contributed by atoms with Gasteiger partial charge in [-0.05, 0) is 12.8 Å². The molecule has 8 heteroatoms. The van der Waals surface area contributed by atoms with E-state index < -0.39 is 21.4 Å². The van der Waals surface area contributed by atoms with Crippen molar-refractivity contribution in [2.75, 3.05) is 13.1 Å². The first kappa shape index (κ1) is 15.0. The first-order valence-corrected chi connectivity index (χ1v) is 7.97. The van der Waals surface area contributed by atoms with Gasteiger partial charge in [-0.25, -0.2) is 13.4 Å². The van der Waals surface area contributed by atoms with Crippen LogP contribution in [0.5, 0.6) is 0 Å². The summed E-state index contributed by atoms with van der Waals surface area (Å²) in [5, 5.41) is 9.38. The lowest BCUT2D eigenvalue weighted by Gasteiger charge is -2.23. The van der Waals surface area contributed by atoms with Crippen LogP contribution in [0.15, 0.2) is 17.6 Å².